The van der Waals surface area contributed by atoms with Crippen LogP contribution in [0.4, 0.5) is 0 Å². The Balaban J connectivity index is 2.83. The molecule has 0 fully saturated rings. The van der Waals surface area contributed by atoms with Crippen LogP contribution in [0.25, 0.3) is 0 Å². The summed E-state index contributed by atoms with van der Waals surface area (Å²) in [5.74, 6) is 0.632. The van der Waals surface area contributed by atoms with Crippen molar-refractivity contribution >= 4 is 5.84 Å². The summed E-state index contributed by atoms with van der Waals surface area (Å²) in [6.45, 7) is 5.93. The lowest BCUT2D eigenvalue weighted by Crippen LogP contribution is -2.07. The predicted molar refractivity (Wildman–Crippen MR) is 56.9 cm³/mol. The van der Waals surface area contributed by atoms with Crippen molar-refractivity contribution in [2.45, 2.75) is 26.8 Å². The van der Waals surface area contributed by atoms with Gasteiger partial charge in [0.05, 0.1) is 11.9 Å². The first-order valence-electron chi connectivity index (χ1n) is 4.46. The minimum Gasteiger partial charge on any atom is -0.388 e. The third-order valence-corrected chi connectivity index (χ3v) is 1.96. The number of hydrogen-bond donors (Lipinski definition) is 1. The van der Waals surface area contributed by atoms with Gasteiger partial charge in [0, 0.05) is 0 Å². The van der Waals surface area contributed by atoms with E-state index < -0.39 is 0 Å². The summed E-state index contributed by atoms with van der Waals surface area (Å²) in [6.07, 6.45) is 0. The molecule has 0 saturated carbocycles. The number of rotatable bonds is 2. The predicted octanol–water partition coefficient (Wildman–Crippen LogP) is 2.43. The molecule has 0 aliphatic carbocycles. The van der Waals surface area contributed by atoms with Crippen LogP contribution < -0.4 is 5.73 Å². The molecule has 1 aromatic rings. The Morgan fingerprint density at radius 1 is 1.31 bits per heavy atom. The molecule has 70 valence electrons. The SMILES string of the molecule is CC(N)=NC(C)c1ccc(C)cc1. The van der Waals surface area contributed by atoms with E-state index in [1.807, 2.05) is 13.8 Å². The van der Waals surface area contributed by atoms with Crippen molar-refractivity contribution in [3.63, 3.8) is 0 Å². The zero-order chi connectivity index (χ0) is 9.84. The van der Waals surface area contributed by atoms with Crippen molar-refractivity contribution in [2.24, 2.45) is 10.7 Å². The molecule has 2 nitrogen and oxygen atoms in total. The standard InChI is InChI=1S/C11H16N2/c1-8-4-6-11(7-5-8)9(2)13-10(3)12/h4-7,9H,1-3H3,(H2,12,13). The van der Waals surface area contributed by atoms with Crippen LogP contribution in [-0.4, -0.2) is 5.84 Å². The maximum absolute atomic E-state index is 5.51. The zero-order valence-electron chi connectivity index (χ0n) is 8.41. The van der Waals surface area contributed by atoms with E-state index in [0.29, 0.717) is 5.84 Å². The van der Waals surface area contributed by atoms with E-state index in [-0.39, 0.29) is 6.04 Å². The lowest BCUT2D eigenvalue weighted by molar-refractivity contribution is 0.816. The molecule has 1 aromatic carbocycles. The van der Waals surface area contributed by atoms with E-state index in [2.05, 4.69) is 36.2 Å². The van der Waals surface area contributed by atoms with Gasteiger partial charge < -0.3 is 5.73 Å². The lowest BCUT2D eigenvalue weighted by Gasteiger charge is -2.07. The van der Waals surface area contributed by atoms with Crippen LogP contribution in [-0.2, 0) is 0 Å². The van der Waals surface area contributed by atoms with Gasteiger partial charge in [-0.2, -0.15) is 0 Å². The highest BCUT2D eigenvalue weighted by atomic mass is 14.9. The van der Waals surface area contributed by atoms with E-state index in [1.165, 1.54) is 11.1 Å². The van der Waals surface area contributed by atoms with Gasteiger partial charge in [-0.1, -0.05) is 29.8 Å². The maximum atomic E-state index is 5.51. The number of aryl methyl sites for hydroxylation is 1. The van der Waals surface area contributed by atoms with Gasteiger partial charge in [0.15, 0.2) is 0 Å². The van der Waals surface area contributed by atoms with Crippen LogP contribution in [0.5, 0.6) is 0 Å². The second kappa shape index (κ2) is 4.08. The second-order valence-electron chi connectivity index (χ2n) is 3.36. The van der Waals surface area contributed by atoms with Crippen molar-refractivity contribution in [1.29, 1.82) is 0 Å². The fourth-order valence-corrected chi connectivity index (χ4v) is 1.22. The largest absolute Gasteiger partial charge is 0.388 e. The number of nitrogens with zero attached hydrogens (tertiary/aromatic N) is 1. The van der Waals surface area contributed by atoms with Crippen LogP contribution >= 0.6 is 0 Å². The Morgan fingerprint density at radius 2 is 1.85 bits per heavy atom. The van der Waals surface area contributed by atoms with Gasteiger partial charge in [0.2, 0.25) is 0 Å². The van der Waals surface area contributed by atoms with E-state index in [0.717, 1.165) is 0 Å². The summed E-state index contributed by atoms with van der Waals surface area (Å²) in [4.78, 5) is 4.27. The van der Waals surface area contributed by atoms with Crippen molar-refractivity contribution in [3.8, 4) is 0 Å². The van der Waals surface area contributed by atoms with Gasteiger partial charge in [-0.3, -0.25) is 4.99 Å². The Labute approximate surface area is 79.5 Å². The smallest absolute Gasteiger partial charge is 0.0913 e. The number of amidine groups is 1. The van der Waals surface area contributed by atoms with Crippen molar-refractivity contribution in [2.75, 3.05) is 0 Å². The average molecular weight is 176 g/mol. The molecule has 0 radical (unpaired) electrons. The number of nitrogens with two attached hydrogens (primary N) is 1. The molecule has 0 saturated heterocycles. The van der Waals surface area contributed by atoms with Crippen LogP contribution in [0, 0.1) is 6.92 Å². The number of hydrogen-bond acceptors (Lipinski definition) is 1. The minimum atomic E-state index is 0.158. The normalized spacial score (nSPS) is 14.2. The van der Waals surface area contributed by atoms with Gasteiger partial charge in [-0.05, 0) is 26.3 Å². The Morgan fingerprint density at radius 3 is 2.31 bits per heavy atom. The minimum absolute atomic E-state index is 0.158. The second-order valence-corrected chi connectivity index (χ2v) is 3.36. The van der Waals surface area contributed by atoms with E-state index in [4.69, 9.17) is 5.73 Å². The van der Waals surface area contributed by atoms with E-state index in [1.54, 1.807) is 0 Å². The van der Waals surface area contributed by atoms with Crippen molar-refractivity contribution in [3.05, 3.63) is 35.4 Å². The first-order valence-corrected chi connectivity index (χ1v) is 4.46. The van der Waals surface area contributed by atoms with E-state index >= 15 is 0 Å². The molecule has 0 bridgehead atoms. The summed E-state index contributed by atoms with van der Waals surface area (Å²) in [5, 5.41) is 0. The van der Waals surface area contributed by atoms with E-state index in [9.17, 15) is 0 Å². The van der Waals surface area contributed by atoms with Crippen molar-refractivity contribution in [1.82, 2.24) is 0 Å². The topological polar surface area (TPSA) is 38.4 Å². The molecular weight excluding hydrogens is 160 g/mol. The zero-order valence-corrected chi connectivity index (χ0v) is 8.41. The molecule has 0 aliphatic heterocycles. The highest BCUT2D eigenvalue weighted by molar-refractivity contribution is 5.77. The molecule has 0 spiro atoms. The summed E-state index contributed by atoms with van der Waals surface area (Å²) < 4.78 is 0. The Hall–Kier alpha value is -1.31. The Kier molecular flexibility index (Phi) is 3.07. The molecule has 0 amide bonds. The molecule has 2 heteroatoms. The summed E-state index contributed by atoms with van der Waals surface area (Å²) in [5.41, 5.74) is 7.98. The number of benzene rings is 1. The highest BCUT2D eigenvalue weighted by Crippen LogP contribution is 2.16. The van der Waals surface area contributed by atoms with Crippen LogP contribution in [0.2, 0.25) is 0 Å². The molecule has 1 rings (SSSR count). The van der Waals surface area contributed by atoms with Crippen molar-refractivity contribution < 1.29 is 0 Å². The molecular formula is C11H16N2. The van der Waals surface area contributed by atoms with Gasteiger partial charge in [0.25, 0.3) is 0 Å². The summed E-state index contributed by atoms with van der Waals surface area (Å²) >= 11 is 0. The molecule has 1 atom stereocenters. The van der Waals surface area contributed by atoms with Gasteiger partial charge >= 0.3 is 0 Å². The first kappa shape index (κ1) is 9.78. The maximum Gasteiger partial charge on any atom is 0.0913 e. The molecule has 13 heavy (non-hydrogen) atoms. The van der Waals surface area contributed by atoms with Gasteiger partial charge in [-0.15, -0.1) is 0 Å². The molecule has 2 N–H and O–H groups in total. The van der Waals surface area contributed by atoms with Gasteiger partial charge in [0.1, 0.15) is 0 Å². The summed E-state index contributed by atoms with van der Waals surface area (Å²) in [7, 11) is 0. The fraction of sp³-hybridized carbons (Fsp3) is 0.364. The molecule has 0 aliphatic rings. The van der Waals surface area contributed by atoms with Crippen LogP contribution in [0.15, 0.2) is 29.3 Å². The van der Waals surface area contributed by atoms with Crippen LogP contribution in [0.1, 0.15) is 31.0 Å². The monoisotopic (exact) mass is 176 g/mol. The molecule has 0 heterocycles. The van der Waals surface area contributed by atoms with Gasteiger partial charge in [-0.25, -0.2) is 0 Å². The quantitative estimate of drug-likeness (QED) is 0.545. The van der Waals surface area contributed by atoms with Crippen LogP contribution in [0.3, 0.4) is 0 Å². The summed E-state index contributed by atoms with van der Waals surface area (Å²) in [6, 6.07) is 8.52. The first-order chi connectivity index (χ1) is 6.09. The fourth-order valence-electron chi connectivity index (χ4n) is 1.22. The number of aliphatic imine (C=N–C) groups is 1. The molecule has 0 aromatic heterocycles. The Bertz CT molecular complexity index is 294. The molecule has 1 unspecified atom stereocenters. The third-order valence-electron chi connectivity index (χ3n) is 1.96. The highest BCUT2D eigenvalue weighted by Gasteiger charge is 2.01. The lowest BCUT2D eigenvalue weighted by atomic mass is 10.1. The average Bonchev–Trinajstić information content (AvgIpc) is 2.04. The third kappa shape index (κ3) is 2.90.